The molecule has 0 N–H and O–H groups in total. The Bertz CT molecular complexity index is 675. The van der Waals surface area contributed by atoms with Crippen molar-refractivity contribution in [2.75, 3.05) is 0 Å². The molecule has 19 heavy (non-hydrogen) atoms. The molecule has 0 fully saturated rings. The molecule has 0 radical (unpaired) electrons. The van der Waals surface area contributed by atoms with Crippen LogP contribution in [0.3, 0.4) is 0 Å². The van der Waals surface area contributed by atoms with E-state index in [1.54, 1.807) is 18.5 Å². The van der Waals surface area contributed by atoms with Crippen molar-refractivity contribution in [2.45, 2.75) is 0 Å². The van der Waals surface area contributed by atoms with Gasteiger partial charge in [0.15, 0.2) is 0 Å². The van der Waals surface area contributed by atoms with Crippen LogP contribution in [0, 0.1) is 0 Å². The van der Waals surface area contributed by atoms with Crippen molar-refractivity contribution in [2.24, 2.45) is 0 Å². The minimum atomic E-state index is 0.482. The SMILES string of the molecule is C(=Cc1nnc(-c2ccncc2)o1)c1ccccc1. The molecule has 0 bridgehead atoms. The quantitative estimate of drug-likeness (QED) is 0.714. The van der Waals surface area contributed by atoms with Gasteiger partial charge in [-0.1, -0.05) is 30.3 Å². The molecule has 0 saturated carbocycles. The molecule has 1 aromatic carbocycles. The van der Waals surface area contributed by atoms with Crippen LogP contribution in [-0.4, -0.2) is 15.2 Å². The lowest BCUT2D eigenvalue weighted by atomic mass is 10.2. The maximum Gasteiger partial charge on any atom is 0.248 e. The maximum atomic E-state index is 5.55. The smallest absolute Gasteiger partial charge is 0.248 e. The van der Waals surface area contributed by atoms with Gasteiger partial charge in [0, 0.05) is 24.0 Å². The average molecular weight is 249 g/mol. The second-order valence-corrected chi connectivity index (χ2v) is 3.93. The van der Waals surface area contributed by atoms with Gasteiger partial charge in [-0.05, 0) is 23.8 Å². The van der Waals surface area contributed by atoms with Crippen LogP contribution in [0.5, 0.6) is 0 Å². The molecular formula is C15H11N3O. The number of nitrogens with zero attached hydrogens (tertiary/aromatic N) is 3. The third-order valence-corrected chi connectivity index (χ3v) is 2.59. The predicted octanol–water partition coefficient (Wildman–Crippen LogP) is 3.30. The van der Waals surface area contributed by atoms with Crippen LogP contribution in [0.4, 0.5) is 0 Å². The predicted molar refractivity (Wildman–Crippen MR) is 72.9 cm³/mol. The summed E-state index contributed by atoms with van der Waals surface area (Å²) in [6.07, 6.45) is 7.12. The van der Waals surface area contributed by atoms with Crippen molar-refractivity contribution >= 4 is 12.2 Å². The Morgan fingerprint density at radius 1 is 0.842 bits per heavy atom. The second-order valence-electron chi connectivity index (χ2n) is 3.93. The summed E-state index contributed by atoms with van der Waals surface area (Å²) in [4.78, 5) is 3.95. The molecule has 0 spiro atoms. The molecule has 0 aliphatic carbocycles. The fraction of sp³-hybridized carbons (Fsp3) is 0. The molecule has 0 aliphatic heterocycles. The van der Waals surface area contributed by atoms with Gasteiger partial charge in [-0.3, -0.25) is 4.98 Å². The summed E-state index contributed by atoms with van der Waals surface area (Å²) in [5.41, 5.74) is 1.95. The molecule has 0 atom stereocenters. The first-order valence-electron chi connectivity index (χ1n) is 5.89. The Morgan fingerprint density at radius 2 is 1.63 bits per heavy atom. The van der Waals surface area contributed by atoms with Gasteiger partial charge in [-0.25, -0.2) is 0 Å². The lowest BCUT2D eigenvalue weighted by Gasteiger charge is -1.91. The molecule has 0 amide bonds. The third-order valence-electron chi connectivity index (χ3n) is 2.59. The normalized spacial score (nSPS) is 10.9. The third kappa shape index (κ3) is 2.74. The van der Waals surface area contributed by atoms with Crippen LogP contribution in [-0.2, 0) is 0 Å². The minimum Gasteiger partial charge on any atom is -0.417 e. The van der Waals surface area contributed by atoms with Crippen molar-refractivity contribution in [1.29, 1.82) is 0 Å². The first-order valence-corrected chi connectivity index (χ1v) is 5.89. The number of pyridine rings is 1. The van der Waals surface area contributed by atoms with Gasteiger partial charge in [-0.2, -0.15) is 0 Å². The van der Waals surface area contributed by atoms with Crippen molar-refractivity contribution in [3.8, 4) is 11.5 Å². The van der Waals surface area contributed by atoms with Gasteiger partial charge < -0.3 is 4.42 Å². The van der Waals surface area contributed by atoms with E-state index in [9.17, 15) is 0 Å². The van der Waals surface area contributed by atoms with E-state index >= 15 is 0 Å². The number of rotatable bonds is 3. The molecule has 92 valence electrons. The summed E-state index contributed by atoms with van der Waals surface area (Å²) in [6, 6.07) is 13.6. The molecule has 4 heteroatoms. The van der Waals surface area contributed by atoms with E-state index < -0.39 is 0 Å². The Labute approximate surface area is 110 Å². The highest BCUT2D eigenvalue weighted by molar-refractivity contribution is 5.66. The van der Waals surface area contributed by atoms with Crippen LogP contribution in [0.15, 0.2) is 59.3 Å². The van der Waals surface area contributed by atoms with E-state index in [0.29, 0.717) is 11.8 Å². The summed E-state index contributed by atoms with van der Waals surface area (Å²) in [5.74, 6) is 0.978. The highest BCUT2D eigenvalue weighted by Crippen LogP contribution is 2.17. The molecule has 2 aromatic heterocycles. The van der Waals surface area contributed by atoms with E-state index in [1.807, 2.05) is 48.5 Å². The number of hydrogen-bond acceptors (Lipinski definition) is 4. The van der Waals surface area contributed by atoms with Crippen LogP contribution in [0.1, 0.15) is 11.5 Å². The molecule has 4 nitrogen and oxygen atoms in total. The zero-order valence-corrected chi connectivity index (χ0v) is 10.1. The lowest BCUT2D eigenvalue weighted by Crippen LogP contribution is -1.77. The van der Waals surface area contributed by atoms with Crippen LogP contribution < -0.4 is 0 Å². The largest absolute Gasteiger partial charge is 0.417 e. The molecule has 2 heterocycles. The number of hydrogen-bond donors (Lipinski definition) is 0. The fourth-order valence-corrected chi connectivity index (χ4v) is 1.64. The van der Waals surface area contributed by atoms with Crippen LogP contribution >= 0.6 is 0 Å². The van der Waals surface area contributed by atoms with Gasteiger partial charge in [0.25, 0.3) is 0 Å². The van der Waals surface area contributed by atoms with Gasteiger partial charge in [-0.15, -0.1) is 10.2 Å². The second kappa shape index (κ2) is 5.27. The Hall–Kier alpha value is -2.75. The summed E-state index contributed by atoms with van der Waals surface area (Å²) < 4.78 is 5.55. The summed E-state index contributed by atoms with van der Waals surface area (Å²) in [7, 11) is 0. The monoisotopic (exact) mass is 249 g/mol. The first kappa shape index (κ1) is 11.3. The highest BCUT2D eigenvalue weighted by Gasteiger charge is 2.05. The zero-order valence-electron chi connectivity index (χ0n) is 10.1. The maximum absolute atomic E-state index is 5.55. The van der Waals surface area contributed by atoms with Crippen molar-refractivity contribution in [1.82, 2.24) is 15.2 Å². The van der Waals surface area contributed by atoms with E-state index in [4.69, 9.17) is 4.42 Å². The molecular weight excluding hydrogens is 238 g/mol. The Kier molecular flexibility index (Phi) is 3.14. The molecule has 0 aliphatic rings. The Balaban J connectivity index is 1.81. The average Bonchev–Trinajstić information content (AvgIpc) is 2.96. The van der Waals surface area contributed by atoms with Gasteiger partial charge >= 0.3 is 0 Å². The zero-order chi connectivity index (χ0) is 12.9. The molecule has 3 aromatic rings. The van der Waals surface area contributed by atoms with Crippen LogP contribution in [0.2, 0.25) is 0 Å². The standard InChI is InChI=1S/C15H11N3O/c1-2-4-12(5-3-1)6-7-14-17-18-15(19-14)13-8-10-16-11-9-13/h1-11H. The molecule has 3 rings (SSSR count). The number of benzene rings is 1. The van der Waals surface area contributed by atoms with Crippen LogP contribution in [0.25, 0.3) is 23.6 Å². The summed E-state index contributed by atoms with van der Waals surface area (Å²) >= 11 is 0. The first-order chi connectivity index (χ1) is 9.42. The van der Waals surface area contributed by atoms with Crippen molar-refractivity contribution < 1.29 is 4.42 Å². The summed E-state index contributed by atoms with van der Waals surface area (Å²) in [5, 5.41) is 7.99. The van der Waals surface area contributed by atoms with E-state index in [2.05, 4.69) is 15.2 Å². The molecule has 0 unspecified atom stereocenters. The Morgan fingerprint density at radius 3 is 2.42 bits per heavy atom. The van der Waals surface area contributed by atoms with Gasteiger partial charge in [0.2, 0.25) is 11.8 Å². The van der Waals surface area contributed by atoms with E-state index in [1.165, 1.54) is 0 Å². The fourth-order valence-electron chi connectivity index (χ4n) is 1.64. The van der Waals surface area contributed by atoms with Gasteiger partial charge in [0.05, 0.1) is 0 Å². The topological polar surface area (TPSA) is 51.8 Å². The molecule has 0 saturated heterocycles. The number of aromatic nitrogens is 3. The van der Waals surface area contributed by atoms with E-state index in [-0.39, 0.29) is 0 Å². The van der Waals surface area contributed by atoms with E-state index in [0.717, 1.165) is 11.1 Å². The lowest BCUT2D eigenvalue weighted by molar-refractivity contribution is 0.558. The minimum absolute atomic E-state index is 0.482. The summed E-state index contributed by atoms with van der Waals surface area (Å²) in [6.45, 7) is 0. The van der Waals surface area contributed by atoms with Gasteiger partial charge in [0.1, 0.15) is 0 Å². The highest BCUT2D eigenvalue weighted by atomic mass is 16.4. The van der Waals surface area contributed by atoms with Crippen molar-refractivity contribution in [3.05, 3.63) is 66.3 Å². The van der Waals surface area contributed by atoms with Crippen molar-refractivity contribution in [3.63, 3.8) is 0 Å².